The van der Waals surface area contributed by atoms with E-state index in [0.717, 1.165) is 24.4 Å². The van der Waals surface area contributed by atoms with Gasteiger partial charge in [-0.15, -0.1) is 0 Å². The molecule has 0 aliphatic carbocycles. The summed E-state index contributed by atoms with van der Waals surface area (Å²) < 4.78 is 0. The normalized spacial score (nSPS) is 16.3. The molecule has 0 amide bonds. The van der Waals surface area contributed by atoms with Crippen molar-refractivity contribution in [2.45, 2.75) is 12.8 Å². The molecule has 0 radical (unpaired) electrons. The maximum atomic E-state index is 5.73. The van der Waals surface area contributed by atoms with Gasteiger partial charge >= 0.3 is 0 Å². The van der Waals surface area contributed by atoms with E-state index in [1.165, 1.54) is 25.9 Å². The number of H-pyrrole nitrogens is 1. The van der Waals surface area contributed by atoms with Gasteiger partial charge in [-0.1, -0.05) is 0 Å². The van der Waals surface area contributed by atoms with E-state index in [0.29, 0.717) is 5.65 Å². The van der Waals surface area contributed by atoms with Crippen molar-refractivity contribution in [2.24, 2.45) is 0 Å². The third kappa shape index (κ3) is 2.46. The Labute approximate surface area is 111 Å². The van der Waals surface area contributed by atoms with Crippen LogP contribution in [0.15, 0.2) is 6.33 Å². The highest BCUT2D eigenvalue weighted by atomic mass is 15.2. The topological polar surface area (TPSA) is 87.0 Å². The fourth-order valence-corrected chi connectivity index (χ4v) is 2.51. The SMILES string of the molecule is CN(CCN1CCCC1)c1nc(N)nc2nc[nH]c12. The zero-order chi connectivity index (χ0) is 13.2. The number of nitrogens with zero attached hydrogens (tertiary/aromatic N) is 5. The number of likely N-dealkylation sites (N-methyl/N-ethyl adjacent to an activating group) is 1. The number of hydrogen-bond acceptors (Lipinski definition) is 6. The summed E-state index contributed by atoms with van der Waals surface area (Å²) in [5.74, 6) is 1.09. The minimum atomic E-state index is 0.266. The van der Waals surface area contributed by atoms with Crippen LogP contribution in [-0.2, 0) is 0 Å². The molecule has 0 spiro atoms. The summed E-state index contributed by atoms with van der Waals surface area (Å²) in [4.78, 5) is 20.2. The maximum absolute atomic E-state index is 5.73. The summed E-state index contributed by atoms with van der Waals surface area (Å²) in [5, 5.41) is 0. The van der Waals surface area contributed by atoms with E-state index >= 15 is 0 Å². The van der Waals surface area contributed by atoms with E-state index in [2.05, 4.69) is 29.7 Å². The number of aromatic amines is 1. The molecule has 0 bridgehead atoms. The quantitative estimate of drug-likeness (QED) is 0.832. The summed E-state index contributed by atoms with van der Waals surface area (Å²) in [7, 11) is 2.03. The fraction of sp³-hybridized carbons (Fsp3) is 0.583. The molecule has 1 aliphatic heterocycles. The fourth-order valence-electron chi connectivity index (χ4n) is 2.51. The number of hydrogen-bond donors (Lipinski definition) is 2. The summed E-state index contributed by atoms with van der Waals surface area (Å²) in [6, 6.07) is 0. The van der Waals surface area contributed by atoms with Gasteiger partial charge in [0.1, 0.15) is 5.52 Å². The molecule has 3 heterocycles. The van der Waals surface area contributed by atoms with Gasteiger partial charge in [-0.3, -0.25) is 0 Å². The van der Waals surface area contributed by atoms with Gasteiger partial charge in [-0.05, 0) is 25.9 Å². The minimum absolute atomic E-state index is 0.266. The molecule has 0 saturated carbocycles. The van der Waals surface area contributed by atoms with Crippen molar-refractivity contribution in [1.29, 1.82) is 0 Å². The Morgan fingerprint density at radius 3 is 2.95 bits per heavy atom. The van der Waals surface area contributed by atoms with Crippen LogP contribution in [0.3, 0.4) is 0 Å². The zero-order valence-electron chi connectivity index (χ0n) is 11.1. The number of fused-ring (bicyclic) bond motifs is 1. The Balaban J connectivity index is 1.76. The Kier molecular flexibility index (Phi) is 3.20. The van der Waals surface area contributed by atoms with Crippen molar-refractivity contribution < 1.29 is 0 Å². The number of rotatable bonds is 4. The molecular formula is C12H19N7. The second-order valence-electron chi connectivity index (χ2n) is 4.98. The van der Waals surface area contributed by atoms with E-state index in [9.17, 15) is 0 Å². The summed E-state index contributed by atoms with van der Waals surface area (Å²) in [6.07, 6.45) is 4.25. The monoisotopic (exact) mass is 261 g/mol. The van der Waals surface area contributed by atoms with Crippen molar-refractivity contribution in [2.75, 3.05) is 43.9 Å². The van der Waals surface area contributed by atoms with Gasteiger partial charge in [-0.2, -0.15) is 9.97 Å². The number of nitrogen functional groups attached to an aromatic ring is 1. The van der Waals surface area contributed by atoms with Crippen LogP contribution < -0.4 is 10.6 Å². The van der Waals surface area contributed by atoms with Crippen molar-refractivity contribution in [3.05, 3.63) is 6.33 Å². The van der Waals surface area contributed by atoms with Crippen molar-refractivity contribution in [3.8, 4) is 0 Å². The van der Waals surface area contributed by atoms with Gasteiger partial charge in [0.25, 0.3) is 0 Å². The lowest BCUT2D eigenvalue weighted by Crippen LogP contribution is -2.32. The Morgan fingerprint density at radius 1 is 1.37 bits per heavy atom. The van der Waals surface area contributed by atoms with E-state index in [1.54, 1.807) is 6.33 Å². The molecule has 3 rings (SSSR count). The van der Waals surface area contributed by atoms with Crippen LogP contribution in [0.2, 0.25) is 0 Å². The van der Waals surface area contributed by atoms with Gasteiger partial charge < -0.3 is 20.5 Å². The number of aromatic nitrogens is 4. The molecule has 0 atom stereocenters. The molecule has 0 aromatic carbocycles. The van der Waals surface area contributed by atoms with Gasteiger partial charge in [0.2, 0.25) is 5.95 Å². The van der Waals surface area contributed by atoms with Crippen LogP contribution in [0.25, 0.3) is 11.2 Å². The molecule has 102 valence electrons. The minimum Gasteiger partial charge on any atom is -0.368 e. The number of likely N-dealkylation sites (tertiary alicyclic amines) is 1. The molecule has 19 heavy (non-hydrogen) atoms. The number of nitrogens with two attached hydrogens (primary N) is 1. The number of anilines is 2. The lowest BCUT2D eigenvalue weighted by molar-refractivity contribution is 0.346. The van der Waals surface area contributed by atoms with Crippen LogP contribution in [0.4, 0.5) is 11.8 Å². The summed E-state index contributed by atoms with van der Waals surface area (Å²) in [6.45, 7) is 4.39. The average molecular weight is 261 g/mol. The molecule has 7 nitrogen and oxygen atoms in total. The highest BCUT2D eigenvalue weighted by Gasteiger charge is 2.15. The lowest BCUT2D eigenvalue weighted by atomic mass is 10.4. The third-order valence-corrected chi connectivity index (χ3v) is 3.60. The van der Waals surface area contributed by atoms with Gasteiger partial charge in [-0.25, -0.2) is 4.98 Å². The molecule has 1 aliphatic rings. The molecule has 2 aromatic rings. The highest BCUT2D eigenvalue weighted by Crippen LogP contribution is 2.20. The first-order valence-corrected chi connectivity index (χ1v) is 6.64. The molecular weight excluding hydrogens is 242 g/mol. The average Bonchev–Trinajstić information content (AvgIpc) is 3.05. The maximum Gasteiger partial charge on any atom is 0.224 e. The largest absolute Gasteiger partial charge is 0.368 e. The van der Waals surface area contributed by atoms with Crippen LogP contribution >= 0.6 is 0 Å². The van der Waals surface area contributed by atoms with Gasteiger partial charge in [0, 0.05) is 20.1 Å². The van der Waals surface area contributed by atoms with Crippen molar-refractivity contribution in [1.82, 2.24) is 24.8 Å². The standard InChI is InChI=1S/C12H19N7/c1-18(6-7-19-4-2-3-5-19)11-9-10(15-8-14-9)16-12(13)17-11/h8H,2-7H2,1H3,(H3,13,14,15,16,17). The van der Waals surface area contributed by atoms with Gasteiger partial charge in [0.15, 0.2) is 11.5 Å². The van der Waals surface area contributed by atoms with E-state index in [-0.39, 0.29) is 5.95 Å². The Morgan fingerprint density at radius 2 is 2.16 bits per heavy atom. The molecule has 1 saturated heterocycles. The number of imidazole rings is 1. The predicted molar refractivity (Wildman–Crippen MR) is 75.0 cm³/mol. The molecule has 7 heteroatoms. The van der Waals surface area contributed by atoms with E-state index in [1.807, 2.05) is 7.05 Å². The predicted octanol–water partition coefficient (Wildman–Crippen LogP) is 0.467. The first-order valence-electron chi connectivity index (χ1n) is 6.64. The second kappa shape index (κ2) is 5.00. The van der Waals surface area contributed by atoms with Gasteiger partial charge in [0.05, 0.1) is 6.33 Å². The van der Waals surface area contributed by atoms with Crippen LogP contribution in [0, 0.1) is 0 Å². The van der Waals surface area contributed by atoms with E-state index in [4.69, 9.17) is 5.73 Å². The zero-order valence-corrected chi connectivity index (χ0v) is 11.1. The molecule has 2 aromatic heterocycles. The van der Waals surface area contributed by atoms with Crippen molar-refractivity contribution >= 4 is 22.9 Å². The first-order chi connectivity index (χ1) is 9.24. The number of nitrogens with one attached hydrogen (secondary N) is 1. The third-order valence-electron chi connectivity index (χ3n) is 3.60. The second-order valence-corrected chi connectivity index (χ2v) is 4.98. The molecule has 1 fully saturated rings. The Bertz CT molecular complexity index is 558. The van der Waals surface area contributed by atoms with Crippen LogP contribution in [0.1, 0.15) is 12.8 Å². The summed E-state index contributed by atoms with van der Waals surface area (Å²) in [5.41, 5.74) is 7.19. The first kappa shape index (κ1) is 12.2. The molecule has 3 N–H and O–H groups in total. The highest BCUT2D eigenvalue weighted by molar-refractivity contribution is 5.83. The van der Waals surface area contributed by atoms with E-state index < -0.39 is 0 Å². The lowest BCUT2D eigenvalue weighted by Gasteiger charge is -2.22. The molecule has 0 unspecified atom stereocenters. The Hall–Kier alpha value is -1.89. The van der Waals surface area contributed by atoms with Crippen LogP contribution in [0.5, 0.6) is 0 Å². The van der Waals surface area contributed by atoms with Crippen molar-refractivity contribution in [3.63, 3.8) is 0 Å². The van der Waals surface area contributed by atoms with Crippen LogP contribution in [-0.4, -0.2) is 58.1 Å². The summed E-state index contributed by atoms with van der Waals surface area (Å²) >= 11 is 0. The smallest absolute Gasteiger partial charge is 0.224 e.